The first-order valence-corrected chi connectivity index (χ1v) is 3.85. The van der Waals surface area contributed by atoms with Crippen LogP contribution in [0, 0.1) is 13.8 Å². The van der Waals surface area contributed by atoms with E-state index in [0.717, 1.165) is 5.56 Å². The number of benzene rings is 1. The first kappa shape index (κ1) is 8.78. The number of carbonyl (C=O) groups excluding carboxylic acids is 1. The third-order valence-electron chi connectivity index (χ3n) is 1.60. The van der Waals surface area contributed by atoms with E-state index in [1.54, 1.807) is 0 Å². The minimum Gasteiger partial charge on any atom is -0.463 e. The van der Waals surface area contributed by atoms with Crippen LogP contribution in [0.3, 0.4) is 0 Å². The largest absolute Gasteiger partial charge is 0.463 e. The molecule has 2 heteroatoms. The number of carbonyl (C=O) groups is 1. The summed E-state index contributed by atoms with van der Waals surface area (Å²) in [6.07, 6.45) is 0. The molecule has 0 saturated carbocycles. The Hall–Kier alpha value is -1.31. The minimum atomic E-state index is 0.367. The molecule has 0 aliphatic heterocycles. The molecule has 2 nitrogen and oxygen atoms in total. The molecule has 0 aromatic heterocycles. The van der Waals surface area contributed by atoms with Gasteiger partial charge in [-0.2, -0.15) is 0 Å². The molecule has 0 unspecified atom stereocenters. The molecule has 0 radical (unpaired) electrons. The van der Waals surface area contributed by atoms with Gasteiger partial charge in [0.05, 0.1) is 0 Å². The van der Waals surface area contributed by atoms with Crippen molar-refractivity contribution in [3.8, 4) is 0 Å². The molecule has 0 amide bonds. The third kappa shape index (κ3) is 2.38. The molecular formula is C10H12O2. The molecule has 12 heavy (non-hydrogen) atoms. The van der Waals surface area contributed by atoms with Crippen molar-refractivity contribution in [2.24, 2.45) is 0 Å². The molecule has 0 heterocycles. The van der Waals surface area contributed by atoms with Crippen molar-refractivity contribution in [1.29, 1.82) is 0 Å². The van der Waals surface area contributed by atoms with Gasteiger partial charge in [0.2, 0.25) is 0 Å². The maximum Gasteiger partial charge on any atom is 0.293 e. The lowest BCUT2D eigenvalue weighted by molar-refractivity contribution is -0.129. The van der Waals surface area contributed by atoms with Crippen molar-refractivity contribution in [2.45, 2.75) is 20.5 Å². The number of hydrogen-bond acceptors (Lipinski definition) is 2. The van der Waals surface area contributed by atoms with Gasteiger partial charge >= 0.3 is 0 Å². The third-order valence-corrected chi connectivity index (χ3v) is 1.60. The molecule has 1 aromatic rings. The van der Waals surface area contributed by atoms with E-state index < -0.39 is 0 Å². The van der Waals surface area contributed by atoms with Crippen molar-refractivity contribution in [3.63, 3.8) is 0 Å². The van der Waals surface area contributed by atoms with Gasteiger partial charge < -0.3 is 4.74 Å². The first-order valence-electron chi connectivity index (χ1n) is 3.85. The highest BCUT2D eigenvalue weighted by atomic mass is 16.5. The fourth-order valence-electron chi connectivity index (χ4n) is 1.28. The molecule has 1 rings (SSSR count). The average Bonchev–Trinajstić information content (AvgIpc) is 1.99. The fraction of sp³-hybridized carbons (Fsp3) is 0.300. The Morgan fingerprint density at radius 2 is 1.83 bits per heavy atom. The number of aryl methyl sites for hydroxylation is 2. The van der Waals surface area contributed by atoms with Crippen LogP contribution in [0.5, 0.6) is 0 Å². The summed E-state index contributed by atoms with van der Waals surface area (Å²) in [5.74, 6) is 0. The molecule has 0 aliphatic carbocycles. The van der Waals surface area contributed by atoms with Gasteiger partial charge in [-0.05, 0) is 19.4 Å². The monoisotopic (exact) mass is 164 g/mol. The summed E-state index contributed by atoms with van der Waals surface area (Å²) in [5, 5.41) is 0. The van der Waals surface area contributed by atoms with Crippen LogP contribution in [0.25, 0.3) is 0 Å². The molecular weight excluding hydrogens is 152 g/mol. The van der Waals surface area contributed by atoms with Crippen LogP contribution in [-0.4, -0.2) is 6.47 Å². The summed E-state index contributed by atoms with van der Waals surface area (Å²) < 4.78 is 4.65. The predicted molar refractivity (Wildman–Crippen MR) is 46.8 cm³/mol. The standard InChI is InChI=1S/C10H12O2/c1-8-3-9(2)5-10(4-8)6-12-7-11/h3-5,7H,6H2,1-2H3. The fourth-order valence-corrected chi connectivity index (χ4v) is 1.28. The second-order valence-corrected chi connectivity index (χ2v) is 2.90. The van der Waals surface area contributed by atoms with E-state index >= 15 is 0 Å². The van der Waals surface area contributed by atoms with Crippen LogP contribution in [-0.2, 0) is 16.1 Å². The Labute approximate surface area is 72.2 Å². The summed E-state index contributed by atoms with van der Waals surface area (Å²) in [7, 11) is 0. The second-order valence-electron chi connectivity index (χ2n) is 2.90. The normalized spacial score (nSPS) is 9.50. The van der Waals surface area contributed by atoms with Gasteiger partial charge in [0.25, 0.3) is 6.47 Å². The Kier molecular flexibility index (Phi) is 2.86. The number of hydrogen-bond donors (Lipinski definition) is 0. The molecule has 0 fully saturated rings. The average molecular weight is 164 g/mol. The van der Waals surface area contributed by atoms with Crippen molar-refractivity contribution in [1.82, 2.24) is 0 Å². The van der Waals surface area contributed by atoms with Crippen LogP contribution in [0.4, 0.5) is 0 Å². The summed E-state index contributed by atoms with van der Waals surface area (Å²) in [6, 6.07) is 6.11. The molecule has 0 N–H and O–H groups in total. The Bertz CT molecular complexity index is 259. The van der Waals surface area contributed by atoms with Crippen LogP contribution in [0.2, 0.25) is 0 Å². The van der Waals surface area contributed by atoms with E-state index in [2.05, 4.69) is 10.8 Å². The zero-order valence-electron chi connectivity index (χ0n) is 7.33. The van der Waals surface area contributed by atoms with Crippen molar-refractivity contribution < 1.29 is 9.53 Å². The maximum atomic E-state index is 9.93. The van der Waals surface area contributed by atoms with E-state index in [-0.39, 0.29) is 0 Å². The van der Waals surface area contributed by atoms with Crippen LogP contribution in [0.1, 0.15) is 16.7 Å². The molecule has 1 aromatic carbocycles. The Morgan fingerprint density at radius 1 is 1.25 bits per heavy atom. The number of ether oxygens (including phenoxy) is 1. The first-order chi connectivity index (χ1) is 5.72. The lowest BCUT2D eigenvalue weighted by atomic mass is 10.1. The Morgan fingerprint density at radius 3 is 2.33 bits per heavy atom. The summed E-state index contributed by atoms with van der Waals surface area (Å²) >= 11 is 0. The second kappa shape index (κ2) is 3.90. The van der Waals surface area contributed by atoms with Gasteiger partial charge in [0, 0.05) is 0 Å². The molecule has 0 atom stereocenters. The molecule has 0 bridgehead atoms. The van der Waals surface area contributed by atoms with Gasteiger partial charge in [0.15, 0.2) is 0 Å². The zero-order chi connectivity index (χ0) is 8.97. The van der Waals surface area contributed by atoms with Gasteiger partial charge in [-0.15, -0.1) is 0 Å². The highest BCUT2D eigenvalue weighted by molar-refractivity contribution is 5.38. The van der Waals surface area contributed by atoms with Gasteiger partial charge in [-0.25, -0.2) is 0 Å². The molecule has 0 aliphatic rings. The van der Waals surface area contributed by atoms with E-state index in [4.69, 9.17) is 0 Å². The molecule has 0 spiro atoms. The van der Waals surface area contributed by atoms with Crippen molar-refractivity contribution in [3.05, 3.63) is 34.9 Å². The minimum absolute atomic E-state index is 0.367. The van der Waals surface area contributed by atoms with Crippen molar-refractivity contribution >= 4 is 6.47 Å². The smallest absolute Gasteiger partial charge is 0.293 e. The quantitative estimate of drug-likeness (QED) is 0.638. The Balaban J connectivity index is 2.78. The summed E-state index contributed by atoms with van der Waals surface area (Å²) in [4.78, 5) is 9.93. The van der Waals surface area contributed by atoms with E-state index in [1.807, 2.05) is 26.0 Å². The number of rotatable bonds is 3. The van der Waals surface area contributed by atoms with Crippen LogP contribution >= 0.6 is 0 Å². The lowest BCUT2D eigenvalue weighted by Crippen LogP contribution is -1.91. The highest BCUT2D eigenvalue weighted by Gasteiger charge is 1.95. The van der Waals surface area contributed by atoms with Crippen molar-refractivity contribution in [2.75, 3.05) is 0 Å². The molecule has 0 saturated heterocycles. The molecule has 64 valence electrons. The summed E-state index contributed by atoms with van der Waals surface area (Å²) in [6.45, 7) is 4.89. The highest BCUT2D eigenvalue weighted by Crippen LogP contribution is 2.09. The van der Waals surface area contributed by atoms with Gasteiger partial charge in [-0.1, -0.05) is 29.3 Å². The van der Waals surface area contributed by atoms with Crippen LogP contribution < -0.4 is 0 Å². The zero-order valence-corrected chi connectivity index (χ0v) is 7.33. The maximum absolute atomic E-state index is 9.93. The van der Waals surface area contributed by atoms with E-state index in [1.165, 1.54) is 11.1 Å². The lowest BCUT2D eigenvalue weighted by Gasteiger charge is -2.02. The SMILES string of the molecule is Cc1cc(C)cc(COC=O)c1. The topological polar surface area (TPSA) is 26.3 Å². The van der Waals surface area contributed by atoms with Gasteiger partial charge in [0.1, 0.15) is 6.61 Å². The predicted octanol–water partition coefficient (Wildman–Crippen LogP) is 1.98. The summed E-state index contributed by atoms with van der Waals surface area (Å²) in [5.41, 5.74) is 3.43. The van der Waals surface area contributed by atoms with Crippen LogP contribution in [0.15, 0.2) is 18.2 Å². The van der Waals surface area contributed by atoms with E-state index in [9.17, 15) is 4.79 Å². The van der Waals surface area contributed by atoms with E-state index in [0.29, 0.717) is 13.1 Å². The van der Waals surface area contributed by atoms with Gasteiger partial charge in [-0.3, -0.25) is 4.79 Å².